The van der Waals surface area contributed by atoms with Crippen molar-refractivity contribution in [2.24, 2.45) is 5.41 Å². The largest absolute Gasteiger partial charge is 0.393 e. The number of likely N-dealkylation sites (tertiary alicyclic amines) is 1. The number of imide groups is 1. The van der Waals surface area contributed by atoms with Crippen LogP contribution in [0.3, 0.4) is 0 Å². The van der Waals surface area contributed by atoms with E-state index in [-0.39, 0.29) is 35.1 Å². The number of nitrogen functional groups attached to an aromatic ring is 1. The molecule has 1 fully saturated rings. The Morgan fingerprint density at radius 1 is 1.29 bits per heavy atom. The monoisotopic (exact) mass is 291 g/mol. The summed E-state index contributed by atoms with van der Waals surface area (Å²) in [7, 11) is 0. The molecule has 0 unspecified atom stereocenters. The molecule has 0 bridgehead atoms. The molecular formula is C14H17N3O4. The molecule has 1 aromatic rings. The van der Waals surface area contributed by atoms with Crippen molar-refractivity contribution in [3.8, 4) is 0 Å². The highest BCUT2D eigenvalue weighted by Gasteiger charge is 2.37. The van der Waals surface area contributed by atoms with E-state index in [0.717, 1.165) is 0 Å². The molecule has 7 nitrogen and oxygen atoms in total. The predicted molar refractivity (Wildman–Crippen MR) is 76.1 cm³/mol. The van der Waals surface area contributed by atoms with E-state index in [1.54, 1.807) is 0 Å². The van der Waals surface area contributed by atoms with Crippen LogP contribution < -0.4 is 5.73 Å². The fraction of sp³-hybridized carbons (Fsp3) is 0.429. The number of rotatable bonds is 3. The molecular weight excluding hydrogens is 274 g/mol. The summed E-state index contributed by atoms with van der Waals surface area (Å²) in [5.74, 6) is -0.457. The smallest absolute Gasteiger partial charge is 0.292 e. The third-order valence-electron chi connectivity index (χ3n) is 3.49. The van der Waals surface area contributed by atoms with Gasteiger partial charge in [0.1, 0.15) is 5.69 Å². The second-order valence-electron chi connectivity index (χ2n) is 6.04. The molecule has 2 amide bonds. The topological polar surface area (TPSA) is 107 Å². The fourth-order valence-corrected chi connectivity index (χ4v) is 2.44. The predicted octanol–water partition coefficient (Wildman–Crippen LogP) is 1.85. The van der Waals surface area contributed by atoms with Crippen LogP contribution in [-0.2, 0) is 16.1 Å². The Morgan fingerprint density at radius 2 is 1.86 bits per heavy atom. The Morgan fingerprint density at radius 3 is 2.33 bits per heavy atom. The number of hydrogen-bond acceptors (Lipinski definition) is 5. The highest BCUT2D eigenvalue weighted by atomic mass is 16.6. The summed E-state index contributed by atoms with van der Waals surface area (Å²) in [5.41, 5.74) is 5.73. The van der Waals surface area contributed by atoms with Gasteiger partial charge in [-0.3, -0.25) is 24.6 Å². The van der Waals surface area contributed by atoms with Crippen molar-refractivity contribution in [2.45, 2.75) is 33.2 Å². The summed E-state index contributed by atoms with van der Waals surface area (Å²) in [6, 6.07) is 4.22. The van der Waals surface area contributed by atoms with E-state index in [1.165, 1.54) is 23.1 Å². The zero-order chi connectivity index (χ0) is 15.8. The Balaban J connectivity index is 2.19. The number of anilines is 1. The molecule has 1 heterocycles. The van der Waals surface area contributed by atoms with Crippen LogP contribution in [-0.4, -0.2) is 21.6 Å². The molecule has 1 saturated heterocycles. The summed E-state index contributed by atoms with van der Waals surface area (Å²) in [5, 5.41) is 10.7. The zero-order valence-electron chi connectivity index (χ0n) is 12.0. The third-order valence-corrected chi connectivity index (χ3v) is 3.49. The van der Waals surface area contributed by atoms with E-state index in [2.05, 4.69) is 0 Å². The molecule has 0 aliphatic carbocycles. The van der Waals surface area contributed by atoms with Gasteiger partial charge < -0.3 is 5.73 Å². The van der Waals surface area contributed by atoms with Gasteiger partial charge in [-0.25, -0.2) is 0 Å². The van der Waals surface area contributed by atoms with Gasteiger partial charge >= 0.3 is 0 Å². The first kappa shape index (κ1) is 15.0. The quantitative estimate of drug-likeness (QED) is 0.396. The van der Waals surface area contributed by atoms with Crippen molar-refractivity contribution in [3.05, 3.63) is 33.9 Å². The normalized spacial score (nSPS) is 17.9. The zero-order valence-corrected chi connectivity index (χ0v) is 12.0. The summed E-state index contributed by atoms with van der Waals surface area (Å²) in [4.78, 5) is 35.4. The van der Waals surface area contributed by atoms with Crippen LogP contribution in [0, 0.1) is 15.5 Å². The van der Waals surface area contributed by atoms with Gasteiger partial charge in [-0.05, 0) is 17.0 Å². The molecule has 0 radical (unpaired) electrons. The van der Waals surface area contributed by atoms with Gasteiger partial charge in [-0.15, -0.1) is 0 Å². The fourth-order valence-electron chi connectivity index (χ4n) is 2.44. The van der Waals surface area contributed by atoms with Gasteiger partial charge in [0, 0.05) is 18.9 Å². The van der Waals surface area contributed by atoms with E-state index in [9.17, 15) is 19.7 Å². The van der Waals surface area contributed by atoms with Gasteiger partial charge in [0.05, 0.1) is 11.5 Å². The van der Waals surface area contributed by atoms with Crippen LogP contribution in [0.25, 0.3) is 0 Å². The molecule has 2 rings (SSSR count). The third kappa shape index (κ3) is 3.18. The number of benzene rings is 1. The molecule has 1 aliphatic rings. The average molecular weight is 291 g/mol. The van der Waals surface area contributed by atoms with E-state index in [1.807, 2.05) is 13.8 Å². The van der Waals surface area contributed by atoms with Crippen molar-refractivity contribution in [3.63, 3.8) is 0 Å². The maximum atomic E-state index is 12.1. The number of hydrogen-bond donors (Lipinski definition) is 1. The molecule has 1 aromatic carbocycles. The number of carbonyl (C=O) groups excluding carboxylic acids is 2. The van der Waals surface area contributed by atoms with Crippen molar-refractivity contribution in [1.29, 1.82) is 0 Å². The number of nitro benzene ring substituents is 1. The van der Waals surface area contributed by atoms with Crippen molar-refractivity contribution < 1.29 is 14.5 Å². The van der Waals surface area contributed by atoms with Crippen LogP contribution in [0.5, 0.6) is 0 Å². The highest BCUT2D eigenvalue weighted by molar-refractivity contribution is 5.98. The molecule has 21 heavy (non-hydrogen) atoms. The maximum Gasteiger partial charge on any atom is 0.292 e. The maximum absolute atomic E-state index is 12.1. The SMILES string of the molecule is CC1(C)CC(=O)N(Cc2ccc([N+](=O)[O-])c(N)c2)C(=O)C1. The van der Waals surface area contributed by atoms with Gasteiger partial charge in [0.2, 0.25) is 11.8 Å². The number of amides is 2. The van der Waals surface area contributed by atoms with Gasteiger partial charge in [0.15, 0.2) is 0 Å². The number of nitrogens with two attached hydrogens (primary N) is 1. The number of nitro groups is 1. The summed E-state index contributed by atoms with van der Waals surface area (Å²) < 4.78 is 0. The number of carbonyl (C=O) groups is 2. The molecule has 0 aromatic heterocycles. The van der Waals surface area contributed by atoms with Gasteiger partial charge in [0.25, 0.3) is 5.69 Å². The molecule has 1 aliphatic heterocycles. The second-order valence-corrected chi connectivity index (χ2v) is 6.04. The van der Waals surface area contributed by atoms with E-state index < -0.39 is 4.92 Å². The van der Waals surface area contributed by atoms with Crippen LogP contribution in [0.1, 0.15) is 32.3 Å². The van der Waals surface area contributed by atoms with Crippen LogP contribution >= 0.6 is 0 Å². The minimum Gasteiger partial charge on any atom is -0.393 e. The van der Waals surface area contributed by atoms with Crippen LogP contribution in [0.4, 0.5) is 11.4 Å². The van der Waals surface area contributed by atoms with Crippen molar-refractivity contribution >= 4 is 23.2 Å². The molecule has 0 saturated carbocycles. The van der Waals surface area contributed by atoms with Gasteiger partial charge in [-0.1, -0.05) is 19.9 Å². The van der Waals surface area contributed by atoms with Crippen LogP contribution in [0.2, 0.25) is 0 Å². The minimum atomic E-state index is -0.571. The van der Waals surface area contributed by atoms with Crippen molar-refractivity contribution in [2.75, 3.05) is 5.73 Å². The van der Waals surface area contributed by atoms with Gasteiger partial charge in [-0.2, -0.15) is 0 Å². The number of piperidine rings is 1. The first-order valence-corrected chi connectivity index (χ1v) is 6.55. The Bertz CT molecular complexity index is 605. The van der Waals surface area contributed by atoms with E-state index >= 15 is 0 Å². The Kier molecular flexibility index (Phi) is 3.67. The highest BCUT2D eigenvalue weighted by Crippen LogP contribution is 2.32. The minimum absolute atomic E-state index is 0.0229. The first-order valence-electron chi connectivity index (χ1n) is 6.55. The molecule has 7 heteroatoms. The summed E-state index contributed by atoms with van der Waals surface area (Å²) in [6.07, 6.45) is 0.613. The van der Waals surface area contributed by atoms with Crippen molar-refractivity contribution in [1.82, 2.24) is 4.90 Å². The first-order chi connectivity index (χ1) is 9.69. The number of nitrogens with zero attached hydrogens (tertiary/aromatic N) is 2. The van der Waals surface area contributed by atoms with Crippen LogP contribution in [0.15, 0.2) is 18.2 Å². The average Bonchev–Trinajstić information content (AvgIpc) is 2.32. The van der Waals surface area contributed by atoms with E-state index in [0.29, 0.717) is 18.4 Å². The Hall–Kier alpha value is -2.44. The standard InChI is InChI=1S/C14H17N3O4/c1-14(2)6-12(18)16(13(19)7-14)8-9-3-4-11(17(20)21)10(15)5-9/h3-5H,6-8,15H2,1-2H3. The summed E-state index contributed by atoms with van der Waals surface area (Å²) >= 11 is 0. The lowest BCUT2D eigenvalue weighted by Gasteiger charge is -2.34. The molecule has 0 spiro atoms. The molecule has 2 N–H and O–H groups in total. The lowest BCUT2D eigenvalue weighted by Crippen LogP contribution is -2.45. The second kappa shape index (κ2) is 5.16. The Labute approximate surface area is 121 Å². The lowest BCUT2D eigenvalue weighted by atomic mass is 9.81. The summed E-state index contributed by atoms with van der Waals surface area (Å²) in [6.45, 7) is 3.85. The van der Waals surface area contributed by atoms with E-state index in [4.69, 9.17) is 5.73 Å². The molecule has 0 atom stereocenters. The molecule has 112 valence electrons. The lowest BCUT2D eigenvalue weighted by molar-refractivity contribution is -0.383.